The number of alkyl halides is 2. The van der Waals surface area contributed by atoms with Crippen molar-refractivity contribution >= 4 is 64.8 Å². The molecule has 50 heavy (non-hydrogen) atoms. The highest BCUT2D eigenvalue weighted by Crippen LogP contribution is 2.40. The second kappa shape index (κ2) is 16.6. The Morgan fingerprint density at radius 1 is 0.560 bits per heavy atom. The van der Waals surface area contributed by atoms with Crippen LogP contribution in [-0.4, -0.2) is 71.2 Å². The number of hydrogen-bond donors (Lipinski definition) is 1. The summed E-state index contributed by atoms with van der Waals surface area (Å²) in [6, 6.07) is 31.3. The number of amides is 1. The molecule has 0 radical (unpaired) electrons. The van der Waals surface area contributed by atoms with Crippen LogP contribution in [0.15, 0.2) is 121 Å². The van der Waals surface area contributed by atoms with Crippen LogP contribution in [0.3, 0.4) is 0 Å². The van der Waals surface area contributed by atoms with E-state index in [-0.39, 0.29) is 22.3 Å². The summed E-state index contributed by atoms with van der Waals surface area (Å²) in [5.74, 6) is -4.76. The third-order valence-corrected chi connectivity index (χ3v) is 8.47. The quantitative estimate of drug-likeness (QED) is 0.0877. The molecule has 5 rings (SSSR count). The molecule has 0 aliphatic carbocycles. The molecule has 14 heteroatoms. The fourth-order valence-corrected chi connectivity index (χ4v) is 5.74. The van der Waals surface area contributed by atoms with E-state index in [0.29, 0.717) is 0 Å². The van der Waals surface area contributed by atoms with Crippen LogP contribution in [0.4, 0.5) is 0 Å². The summed E-state index contributed by atoms with van der Waals surface area (Å²) in [4.78, 5) is 68.5. The molecule has 0 saturated carbocycles. The number of ether oxygens (including phenoxy) is 5. The topological polar surface area (TPSA) is 144 Å². The summed E-state index contributed by atoms with van der Waals surface area (Å²) in [5.41, 5.74) is 0.425. The summed E-state index contributed by atoms with van der Waals surface area (Å²) >= 11 is 18.8. The predicted molar refractivity (Wildman–Crippen MR) is 181 cm³/mol. The molecule has 1 N–H and O–H groups in total. The molecular formula is C36H28Cl3NO10. The molecule has 1 heterocycles. The van der Waals surface area contributed by atoms with E-state index in [1.54, 1.807) is 72.8 Å². The van der Waals surface area contributed by atoms with E-state index in [1.807, 2.05) is 4.84 Å². The first-order valence-corrected chi connectivity index (χ1v) is 16.2. The maximum Gasteiger partial charge on any atom is 0.338 e. The first kappa shape index (κ1) is 36.3. The van der Waals surface area contributed by atoms with Crippen LogP contribution in [0.5, 0.6) is 0 Å². The zero-order valence-electron chi connectivity index (χ0n) is 25.9. The van der Waals surface area contributed by atoms with Gasteiger partial charge in [-0.3, -0.25) is 9.63 Å². The van der Waals surface area contributed by atoms with Gasteiger partial charge in [-0.15, -0.1) is 0 Å². The molecule has 4 aromatic rings. The molecule has 11 nitrogen and oxygen atoms in total. The van der Waals surface area contributed by atoms with Gasteiger partial charge in [-0.1, -0.05) is 96.0 Å². The van der Waals surface area contributed by atoms with E-state index < -0.39 is 71.2 Å². The second-order valence-electron chi connectivity index (χ2n) is 10.8. The standard InChI is InChI=1S/C36H28Cl3NO10/c37-36(38,35(45)40-39)30-29(50-34(44)25-19-11-4-12-20-25)28(49-33(43)24-17-9-3-10-18-24)27(48-32(42)23-15-7-2-8-16-23)26(47-30)21-46-31(41)22-13-5-1-6-14-22/h1-20,26-30H,21H2,(H,40,45)/t26-,27-,28+,29-,30+/m1/s1. The zero-order chi connectivity index (χ0) is 35.7. The number of esters is 4. The lowest BCUT2D eigenvalue weighted by molar-refractivity contribution is -0.231. The van der Waals surface area contributed by atoms with Gasteiger partial charge in [0.15, 0.2) is 18.3 Å². The lowest BCUT2D eigenvalue weighted by Gasteiger charge is -2.47. The number of halogens is 3. The summed E-state index contributed by atoms with van der Waals surface area (Å²) in [6.45, 7) is -0.637. The SMILES string of the molecule is O=C(OC[C@H]1O[C@H](C(Cl)(Cl)C(=O)NCl)[C@H](OC(=O)c2ccccc2)[C@@H](OC(=O)c2ccccc2)[C@@H]1OC(=O)c1ccccc1)c1ccccc1. The lowest BCUT2D eigenvalue weighted by atomic mass is 9.91. The van der Waals surface area contributed by atoms with Gasteiger partial charge in [-0.25, -0.2) is 19.2 Å². The van der Waals surface area contributed by atoms with Crippen LogP contribution in [0.1, 0.15) is 41.4 Å². The van der Waals surface area contributed by atoms with Crippen LogP contribution < -0.4 is 4.84 Å². The second-order valence-corrected chi connectivity index (χ2v) is 12.4. The van der Waals surface area contributed by atoms with Crippen molar-refractivity contribution < 1.29 is 47.7 Å². The van der Waals surface area contributed by atoms with Gasteiger partial charge in [-0.05, 0) is 48.5 Å². The first-order valence-electron chi connectivity index (χ1n) is 15.0. The van der Waals surface area contributed by atoms with Crippen molar-refractivity contribution in [3.63, 3.8) is 0 Å². The number of rotatable bonds is 11. The molecule has 1 saturated heterocycles. The van der Waals surface area contributed by atoms with Gasteiger partial charge in [0, 0.05) is 11.8 Å². The lowest BCUT2D eigenvalue weighted by Crippen LogP contribution is -2.67. The highest BCUT2D eigenvalue weighted by atomic mass is 35.5. The van der Waals surface area contributed by atoms with Crippen LogP contribution in [0.2, 0.25) is 0 Å². The summed E-state index contributed by atoms with van der Waals surface area (Å²) < 4.78 is 26.8. The van der Waals surface area contributed by atoms with Crippen molar-refractivity contribution in [1.82, 2.24) is 4.84 Å². The van der Waals surface area contributed by atoms with Gasteiger partial charge >= 0.3 is 23.9 Å². The summed E-state index contributed by atoms with van der Waals surface area (Å²) in [6.07, 6.45) is -8.61. The minimum Gasteiger partial charge on any atom is -0.459 e. The summed E-state index contributed by atoms with van der Waals surface area (Å²) in [5, 5.41) is 0. The minimum absolute atomic E-state index is 0.0627. The number of benzene rings is 4. The highest BCUT2D eigenvalue weighted by Gasteiger charge is 2.61. The molecule has 0 unspecified atom stereocenters. The Labute approximate surface area is 301 Å². The smallest absolute Gasteiger partial charge is 0.338 e. The van der Waals surface area contributed by atoms with Crippen molar-refractivity contribution in [3.8, 4) is 0 Å². The summed E-state index contributed by atoms with van der Waals surface area (Å²) in [7, 11) is 0. The van der Waals surface area contributed by atoms with E-state index in [0.717, 1.165) is 0 Å². The molecule has 1 fully saturated rings. The molecule has 0 bridgehead atoms. The van der Waals surface area contributed by atoms with Gasteiger partial charge < -0.3 is 23.7 Å². The van der Waals surface area contributed by atoms with E-state index in [9.17, 15) is 24.0 Å². The maximum atomic E-state index is 13.6. The van der Waals surface area contributed by atoms with Crippen molar-refractivity contribution in [2.45, 2.75) is 34.9 Å². The van der Waals surface area contributed by atoms with E-state index in [4.69, 9.17) is 58.7 Å². The average Bonchev–Trinajstić information content (AvgIpc) is 3.16. The van der Waals surface area contributed by atoms with Gasteiger partial charge in [0.1, 0.15) is 18.8 Å². The molecule has 1 amide bonds. The number of nitrogens with one attached hydrogen (secondary N) is 1. The van der Waals surface area contributed by atoms with Crippen LogP contribution in [0.25, 0.3) is 0 Å². The van der Waals surface area contributed by atoms with Crippen LogP contribution >= 0.6 is 35.0 Å². The molecule has 0 aromatic heterocycles. The molecule has 1 aliphatic heterocycles. The molecule has 0 spiro atoms. The fourth-order valence-electron chi connectivity index (χ4n) is 5.05. The van der Waals surface area contributed by atoms with Gasteiger partial charge in [0.2, 0.25) is 4.33 Å². The molecule has 1 aliphatic rings. The Kier molecular flexibility index (Phi) is 12.1. The Balaban J connectivity index is 1.61. The van der Waals surface area contributed by atoms with E-state index >= 15 is 0 Å². The van der Waals surface area contributed by atoms with Crippen molar-refractivity contribution in [1.29, 1.82) is 0 Å². The van der Waals surface area contributed by atoms with Crippen molar-refractivity contribution in [2.24, 2.45) is 0 Å². The number of hydrogen-bond acceptors (Lipinski definition) is 10. The normalized spacial score (nSPS) is 20.1. The van der Waals surface area contributed by atoms with Gasteiger partial charge in [0.05, 0.1) is 22.3 Å². The molecule has 5 atom stereocenters. The van der Waals surface area contributed by atoms with E-state index in [1.165, 1.54) is 48.5 Å². The van der Waals surface area contributed by atoms with Crippen molar-refractivity contribution in [3.05, 3.63) is 144 Å². The largest absolute Gasteiger partial charge is 0.459 e. The van der Waals surface area contributed by atoms with Crippen LogP contribution in [0, 0.1) is 0 Å². The van der Waals surface area contributed by atoms with E-state index in [2.05, 4.69) is 0 Å². The maximum absolute atomic E-state index is 13.6. The van der Waals surface area contributed by atoms with Crippen molar-refractivity contribution in [2.75, 3.05) is 6.61 Å². The third-order valence-electron chi connectivity index (χ3n) is 7.53. The molecule has 4 aromatic carbocycles. The Hall–Kier alpha value is -4.94. The predicted octanol–water partition coefficient (Wildman–Crippen LogP) is 5.73. The Morgan fingerprint density at radius 3 is 1.32 bits per heavy atom. The Bertz CT molecular complexity index is 1800. The van der Waals surface area contributed by atoms with Gasteiger partial charge in [-0.2, -0.15) is 0 Å². The van der Waals surface area contributed by atoms with Crippen LogP contribution in [-0.2, 0) is 28.5 Å². The fraction of sp³-hybridized carbons (Fsp3) is 0.194. The number of carbonyl (C=O) groups is 5. The first-order chi connectivity index (χ1) is 24.1. The minimum atomic E-state index is -2.63. The molecule has 258 valence electrons. The monoisotopic (exact) mass is 739 g/mol. The molecular weight excluding hydrogens is 713 g/mol. The average molecular weight is 741 g/mol. The van der Waals surface area contributed by atoms with Gasteiger partial charge in [0.25, 0.3) is 5.91 Å². The third kappa shape index (κ3) is 8.61. The highest BCUT2D eigenvalue weighted by molar-refractivity contribution is 6.59. The zero-order valence-corrected chi connectivity index (χ0v) is 28.1. The Morgan fingerprint density at radius 2 is 0.920 bits per heavy atom. The number of carbonyl (C=O) groups excluding carboxylic acids is 5.